The van der Waals surface area contributed by atoms with E-state index >= 15 is 0 Å². The van der Waals surface area contributed by atoms with Crippen molar-refractivity contribution in [2.45, 2.75) is 0 Å². The molecule has 0 aliphatic carbocycles. The molecule has 1 amide bonds. The Morgan fingerprint density at radius 3 is 2.52 bits per heavy atom. The molecule has 42 heavy (non-hydrogen) atoms. The highest BCUT2D eigenvalue weighted by atomic mass is 35.5. The largest absolute Gasteiger partial charge is 0.494 e. The SMILES string of the molecule is C=CC(=O)Nc1cc(N=C/C(Cl)=C(\N=C)c2cn(C)c3ccccc23)c(OC)cc1OCCN1CCN(C)CC1.CN. The van der Waals surface area contributed by atoms with E-state index in [9.17, 15) is 4.79 Å². The summed E-state index contributed by atoms with van der Waals surface area (Å²) in [5, 5.41) is 4.12. The molecule has 4 rings (SSSR count). The van der Waals surface area contributed by atoms with Crippen molar-refractivity contribution in [1.29, 1.82) is 0 Å². The van der Waals surface area contributed by atoms with Gasteiger partial charge in [0.1, 0.15) is 23.8 Å². The number of aliphatic imine (C=N–C) groups is 2. The predicted octanol–water partition coefficient (Wildman–Crippen LogP) is 4.52. The Bertz CT molecular complexity index is 1460. The van der Waals surface area contributed by atoms with Gasteiger partial charge in [-0.15, -0.1) is 0 Å². The molecule has 224 valence electrons. The number of piperazine rings is 1. The molecule has 0 atom stereocenters. The molecule has 3 N–H and O–H groups in total. The zero-order chi connectivity index (χ0) is 30.6. The standard InChI is InChI=1S/C30H35ClN6O3.CH5N/c1-6-29(38)34-25-17-24(27(39-5)18-28(25)40-16-15-37-13-11-35(3)12-14-37)33-19-23(31)30(32-2)22-20-36(4)26-10-8-7-9-21(22)26;1-2/h6-10,17-20H,1-2,11-16H2,3-5H3,(H,34,38);2H2,1H3/b30-23+,33-19?;. The number of allylic oxidation sites excluding steroid dienone is 1. The lowest BCUT2D eigenvalue weighted by molar-refractivity contribution is -0.111. The number of likely N-dealkylation sites (N-methyl/N-ethyl adjacent to an activating group) is 1. The van der Waals surface area contributed by atoms with E-state index in [1.165, 1.54) is 19.3 Å². The van der Waals surface area contributed by atoms with Crippen LogP contribution >= 0.6 is 11.6 Å². The molecule has 2 heterocycles. The third-order valence-electron chi connectivity index (χ3n) is 6.84. The molecular formula is C31H40ClN7O3. The van der Waals surface area contributed by atoms with Crippen molar-refractivity contribution in [3.05, 3.63) is 65.8 Å². The van der Waals surface area contributed by atoms with Crippen LogP contribution in [-0.2, 0) is 11.8 Å². The van der Waals surface area contributed by atoms with Crippen LogP contribution in [-0.4, -0.2) is 93.7 Å². The maximum Gasteiger partial charge on any atom is 0.247 e. The third kappa shape index (κ3) is 8.07. The second-order valence-corrected chi connectivity index (χ2v) is 9.90. The molecule has 1 fully saturated rings. The topological polar surface area (TPSA) is 110 Å². The van der Waals surface area contributed by atoms with Crippen LogP contribution in [0.5, 0.6) is 11.5 Å². The normalized spacial score (nSPS) is 14.6. The first-order chi connectivity index (χ1) is 20.3. The number of methoxy groups -OCH3 is 1. The van der Waals surface area contributed by atoms with Crippen molar-refractivity contribution in [3.63, 3.8) is 0 Å². The number of carbonyl (C=O) groups excluding carboxylic acids is 1. The molecule has 0 radical (unpaired) electrons. The van der Waals surface area contributed by atoms with Gasteiger partial charge in [0.15, 0.2) is 0 Å². The maximum atomic E-state index is 12.2. The molecule has 2 aromatic carbocycles. The first-order valence-corrected chi connectivity index (χ1v) is 13.9. The molecule has 11 heteroatoms. The van der Waals surface area contributed by atoms with Gasteiger partial charge < -0.3 is 30.0 Å². The van der Waals surface area contributed by atoms with Crippen LogP contribution in [0.25, 0.3) is 16.6 Å². The van der Waals surface area contributed by atoms with E-state index in [1.807, 2.05) is 42.1 Å². The summed E-state index contributed by atoms with van der Waals surface area (Å²) in [6.45, 7) is 12.6. The fourth-order valence-corrected chi connectivity index (χ4v) is 4.79. The molecule has 0 bridgehead atoms. The number of anilines is 1. The molecule has 1 aliphatic heterocycles. The molecule has 3 aromatic rings. The number of fused-ring (bicyclic) bond motifs is 1. The number of para-hydroxylation sites is 1. The summed E-state index contributed by atoms with van der Waals surface area (Å²) >= 11 is 6.70. The van der Waals surface area contributed by atoms with Gasteiger partial charge in [-0.2, -0.15) is 0 Å². The Morgan fingerprint density at radius 2 is 1.86 bits per heavy atom. The van der Waals surface area contributed by atoms with Crippen LogP contribution < -0.4 is 20.5 Å². The molecule has 0 unspecified atom stereocenters. The average molecular weight is 594 g/mol. The Balaban J connectivity index is 0.00000237. The fourth-order valence-electron chi connectivity index (χ4n) is 4.58. The summed E-state index contributed by atoms with van der Waals surface area (Å²) in [6, 6.07) is 11.4. The molecule has 0 spiro atoms. The Morgan fingerprint density at radius 1 is 1.14 bits per heavy atom. The molecular weight excluding hydrogens is 554 g/mol. The van der Waals surface area contributed by atoms with Gasteiger partial charge in [-0.25, -0.2) is 0 Å². The van der Waals surface area contributed by atoms with Crippen LogP contribution in [0.4, 0.5) is 11.4 Å². The summed E-state index contributed by atoms with van der Waals surface area (Å²) < 4.78 is 13.7. The minimum atomic E-state index is -0.365. The van der Waals surface area contributed by atoms with E-state index in [1.54, 1.807) is 19.2 Å². The number of nitrogens with one attached hydrogen (secondary N) is 1. The summed E-state index contributed by atoms with van der Waals surface area (Å²) in [7, 11) is 7.14. The van der Waals surface area contributed by atoms with E-state index in [2.05, 4.69) is 51.2 Å². The number of nitrogens with zero attached hydrogens (tertiary/aromatic N) is 5. The van der Waals surface area contributed by atoms with Crippen LogP contribution in [0.1, 0.15) is 5.56 Å². The number of hydrogen-bond acceptors (Lipinski definition) is 8. The summed E-state index contributed by atoms with van der Waals surface area (Å²) in [4.78, 5) is 25.6. The average Bonchev–Trinajstić information content (AvgIpc) is 3.34. The number of hydrogen-bond donors (Lipinski definition) is 2. The number of halogens is 1. The van der Waals surface area contributed by atoms with E-state index in [0.29, 0.717) is 40.2 Å². The van der Waals surface area contributed by atoms with E-state index in [-0.39, 0.29) is 5.91 Å². The van der Waals surface area contributed by atoms with Crippen molar-refractivity contribution in [3.8, 4) is 11.5 Å². The first kappa shape index (κ1) is 32.6. The molecule has 1 aliphatic rings. The van der Waals surface area contributed by atoms with Crippen molar-refractivity contribution < 1.29 is 14.3 Å². The minimum Gasteiger partial charge on any atom is -0.494 e. The van der Waals surface area contributed by atoms with Crippen molar-refractivity contribution in [1.82, 2.24) is 14.4 Å². The number of aromatic nitrogens is 1. The van der Waals surface area contributed by atoms with Crippen molar-refractivity contribution >= 4 is 58.4 Å². The predicted molar refractivity (Wildman–Crippen MR) is 175 cm³/mol. The van der Waals surface area contributed by atoms with Crippen LogP contribution in [0, 0.1) is 0 Å². The second-order valence-electron chi connectivity index (χ2n) is 9.49. The van der Waals surface area contributed by atoms with Crippen molar-refractivity contribution in [2.75, 3.05) is 65.9 Å². The Hall–Kier alpha value is -3.96. The van der Waals surface area contributed by atoms with E-state index in [0.717, 1.165) is 49.2 Å². The van der Waals surface area contributed by atoms with Gasteiger partial charge in [0.05, 0.1) is 23.5 Å². The van der Waals surface area contributed by atoms with Crippen LogP contribution in [0.15, 0.2) is 70.3 Å². The number of ether oxygens (including phenoxy) is 2. The van der Waals surface area contributed by atoms with E-state index < -0.39 is 0 Å². The molecule has 0 saturated carbocycles. The third-order valence-corrected chi connectivity index (χ3v) is 7.12. The molecule has 1 aromatic heterocycles. The number of nitrogens with two attached hydrogens (primary N) is 1. The fraction of sp³-hybridized carbons (Fsp3) is 0.323. The van der Waals surface area contributed by atoms with Crippen LogP contribution in [0.3, 0.4) is 0 Å². The first-order valence-electron chi connectivity index (χ1n) is 13.6. The lowest BCUT2D eigenvalue weighted by Gasteiger charge is -2.32. The van der Waals surface area contributed by atoms with Gasteiger partial charge >= 0.3 is 0 Å². The second kappa shape index (κ2) is 15.9. The van der Waals surface area contributed by atoms with Gasteiger partial charge in [-0.3, -0.25) is 19.7 Å². The lowest BCUT2D eigenvalue weighted by atomic mass is 10.1. The number of benzene rings is 2. The maximum absolute atomic E-state index is 12.2. The van der Waals surface area contributed by atoms with Crippen LogP contribution in [0.2, 0.25) is 0 Å². The highest BCUT2D eigenvalue weighted by molar-refractivity contribution is 6.42. The van der Waals surface area contributed by atoms with Gasteiger partial charge in [0.25, 0.3) is 0 Å². The highest BCUT2D eigenvalue weighted by Crippen LogP contribution is 2.39. The molecule has 1 saturated heterocycles. The highest BCUT2D eigenvalue weighted by Gasteiger charge is 2.17. The van der Waals surface area contributed by atoms with Gasteiger partial charge in [-0.1, -0.05) is 36.4 Å². The smallest absolute Gasteiger partial charge is 0.247 e. The minimum absolute atomic E-state index is 0.303. The quantitative estimate of drug-likeness (QED) is 0.250. The Labute approximate surface area is 252 Å². The van der Waals surface area contributed by atoms with E-state index in [4.69, 9.17) is 21.1 Å². The summed E-state index contributed by atoms with van der Waals surface area (Å²) in [6.07, 6.45) is 4.66. The van der Waals surface area contributed by atoms with Crippen molar-refractivity contribution in [2.24, 2.45) is 22.8 Å². The number of rotatable bonds is 11. The number of aryl methyl sites for hydroxylation is 1. The lowest BCUT2D eigenvalue weighted by Crippen LogP contribution is -2.45. The summed E-state index contributed by atoms with van der Waals surface area (Å²) in [5.74, 6) is 0.576. The van der Waals surface area contributed by atoms with Gasteiger partial charge in [0.2, 0.25) is 5.91 Å². The number of amides is 1. The van der Waals surface area contributed by atoms with Gasteiger partial charge in [0, 0.05) is 74.7 Å². The van der Waals surface area contributed by atoms with Gasteiger partial charge in [-0.05, 0) is 39.0 Å². The molecule has 10 nitrogen and oxygen atoms in total. The zero-order valence-electron chi connectivity index (χ0n) is 24.8. The monoisotopic (exact) mass is 593 g/mol. The number of carbonyl (C=O) groups is 1. The summed E-state index contributed by atoms with van der Waals surface area (Å²) in [5.41, 5.74) is 7.80. The zero-order valence-corrected chi connectivity index (χ0v) is 25.5. The Kier molecular flexibility index (Phi) is 12.3.